The van der Waals surface area contributed by atoms with E-state index in [2.05, 4.69) is 15.1 Å². The summed E-state index contributed by atoms with van der Waals surface area (Å²) in [5.41, 5.74) is 0.660. The molecule has 3 heterocycles. The molecule has 0 N–H and O–H groups in total. The van der Waals surface area contributed by atoms with Crippen molar-refractivity contribution >= 4 is 5.91 Å². The zero-order valence-corrected chi connectivity index (χ0v) is 16.2. The number of ether oxygens (including phenoxy) is 2. The fraction of sp³-hybridized carbons (Fsp3) is 0.333. The van der Waals surface area contributed by atoms with Crippen molar-refractivity contribution in [3.63, 3.8) is 0 Å². The van der Waals surface area contributed by atoms with Crippen LogP contribution in [-0.2, 0) is 4.79 Å². The maximum Gasteiger partial charge on any atom is 0.276 e. The Balaban J connectivity index is 1.30. The first-order valence-corrected chi connectivity index (χ1v) is 9.53. The van der Waals surface area contributed by atoms with Crippen LogP contribution in [0.1, 0.15) is 24.6 Å². The van der Waals surface area contributed by atoms with Gasteiger partial charge in [0, 0.05) is 25.2 Å². The van der Waals surface area contributed by atoms with Crippen LogP contribution in [0.3, 0.4) is 0 Å². The second-order valence-electron chi connectivity index (χ2n) is 6.77. The molecule has 2 aromatic heterocycles. The maximum atomic E-state index is 12.5. The van der Waals surface area contributed by atoms with E-state index >= 15 is 0 Å². The van der Waals surface area contributed by atoms with E-state index in [1.54, 1.807) is 25.4 Å². The third kappa shape index (κ3) is 4.37. The number of methoxy groups -OCH3 is 1. The van der Waals surface area contributed by atoms with Crippen molar-refractivity contribution in [2.75, 3.05) is 26.8 Å². The normalized spacial score (nSPS) is 14.6. The Morgan fingerprint density at radius 1 is 1.14 bits per heavy atom. The monoisotopic (exact) mass is 394 g/mol. The number of carbonyl (C=O) groups is 1. The van der Waals surface area contributed by atoms with Gasteiger partial charge in [-0.15, -0.1) is 0 Å². The van der Waals surface area contributed by atoms with Gasteiger partial charge in [0.25, 0.3) is 11.8 Å². The fourth-order valence-corrected chi connectivity index (χ4v) is 3.35. The van der Waals surface area contributed by atoms with Crippen molar-refractivity contribution in [2.24, 2.45) is 0 Å². The molecule has 0 aliphatic carbocycles. The van der Waals surface area contributed by atoms with Crippen LogP contribution in [0.2, 0.25) is 0 Å². The molecule has 1 fully saturated rings. The largest absolute Gasteiger partial charge is 0.493 e. The molecule has 3 aromatic rings. The summed E-state index contributed by atoms with van der Waals surface area (Å²) >= 11 is 0. The first kappa shape index (κ1) is 18.9. The highest BCUT2D eigenvalue weighted by Crippen LogP contribution is 2.28. The Kier molecular flexibility index (Phi) is 5.69. The minimum absolute atomic E-state index is 0.0168. The lowest BCUT2D eigenvalue weighted by molar-refractivity contribution is -0.134. The summed E-state index contributed by atoms with van der Waals surface area (Å²) in [5, 5.41) is 4.11. The summed E-state index contributed by atoms with van der Waals surface area (Å²) in [6.07, 6.45) is 3.25. The van der Waals surface area contributed by atoms with Gasteiger partial charge >= 0.3 is 0 Å². The second kappa shape index (κ2) is 8.72. The van der Waals surface area contributed by atoms with Gasteiger partial charge in [0.15, 0.2) is 23.9 Å². The number of nitrogens with zero attached hydrogens (tertiary/aromatic N) is 4. The van der Waals surface area contributed by atoms with Crippen LogP contribution in [0.15, 0.2) is 53.2 Å². The molecule has 150 valence electrons. The highest BCUT2D eigenvalue weighted by atomic mass is 16.5. The number of piperidine rings is 1. The number of para-hydroxylation sites is 2. The molecule has 0 radical (unpaired) electrons. The Morgan fingerprint density at radius 2 is 1.90 bits per heavy atom. The van der Waals surface area contributed by atoms with Gasteiger partial charge in [0.1, 0.15) is 5.69 Å². The highest BCUT2D eigenvalue weighted by molar-refractivity contribution is 5.78. The minimum Gasteiger partial charge on any atom is -0.493 e. The molecule has 4 rings (SSSR count). The zero-order valence-electron chi connectivity index (χ0n) is 16.2. The van der Waals surface area contributed by atoms with Crippen LogP contribution >= 0.6 is 0 Å². The molecule has 8 nitrogen and oxygen atoms in total. The third-order valence-electron chi connectivity index (χ3n) is 4.96. The molecule has 0 bridgehead atoms. The van der Waals surface area contributed by atoms with E-state index in [-0.39, 0.29) is 18.4 Å². The zero-order chi connectivity index (χ0) is 20.1. The molecule has 0 unspecified atom stereocenters. The summed E-state index contributed by atoms with van der Waals surface area (Å²) in [6, 6.07) is 12.8. The van der Waals surface area contributed by atoms with Crippen molar-refractivity contribution in [3.05, 3.63) is 54.5 Å². The van der Waals surface area contributed by atoms with Crippen molar-refractivity contribution in [3.8, 4) is 23.1 Å². The number of benzene rings is 1. The number of likely N-dealkylation sites (tertiary alicyclic amines) is 1. The van der Waals surface area contributed by atoms with Crippen LogP contribution in [0.5, 0.6) is 11.5 Å². The van der Waals surface area contributed by atoms with Gasteiger partial charge in [-0.25, -0.2) is 0 Å². The van der Waals surface area contributed by atoms with Crippen molar-refractivity contribution in [1.82, 2.24) is 20.0 Å². The molecule has 1 aliphatic rings. The predicted octanol–water partition coefficient (Wildman–Crippen LogP) is 2.93. The maximum absolute atomic E-state index is 12.5. The summed E-state index contributed by atoms with van der Waals surface area (Å²) < 4.78 is 16.2. The fourth-order valence-electron chi connectivity index (χ4n) is 3.35. The van der Waals surface area contributed by atoms with Crippen molar-refractivity contribution in [1.29, 1.82) is 0 Å². The van der Waals surface area contributed by atoms with E-state index in [1.807, 2.05) is 35.2 Å². The second-order valence-corrected chi connectivity index (χ2v) is 6.77. The van der Waals surface area contributed by atoms with Gasteiger partial charge in [-0.2, -0.15) is 4.98 Å². The molecule has 0 atom stereocenters. The molecule has 8 heteroatoms. The Morgan fingerprint density at radius 3 is 2.62 bits per heavy atom. The van der Waals surface area contributed by atoms with Gasteiger partial charge in [0.2, 0.25) is 0 Å². The van der Waals surface area contributed by atoms with E-state index in [4.69, 9.17) is 14.0 Å². The molecule has 0 spiro atoms. The quantitative estimate of drug-likeness (QED) is 0.635. The van der Waals surface area contributed by atoms with Gasteiger partial charge in [-0.05, 0) is 37.1 Å². The molecule has 1 aliphatic heterocycles. The molecule has 0 saturated carbocycles. The number of hydrogen-bond acceptors (Lipinski definition) is 7. The standard InChI is InChI=1S/C21H22N4O4/c1-27-17-7-2-3-8-18(17)28-14-19(26)25-12-9-15(10-13-25)20-23-21(29-24-20)16-6-4-5-11-22-16/h2-8,11,15H,9-10,12-14H2,1H3. The molecule has 1 aromatic carbocycles. The number of pyridine rings is 1. The Hall–Kier alpha value is -3.42. The average Bonchev–Trinajstić information content (AvgIpc) is 3.29. The van der Waals surface area contributed by atoms with E-state index in [9.17, 15) is 4.79 Å². The molecular formula is C21H22N4O4. The minimum atomic E-state index is -0.0448. The topological polar surface area (TPSA) is 90.6 Å². The van der Waals surface area contributed by atoms with Crippen molar-refractivity contribution < 1.29 is 18.8 Å². The van der Waals surface area contributed by atoms with E-state index in [0.717, 1.165) is 12.8 Å². The van der Waals surface area contributed by atoms with Gasteiger partial charge in [0.05, 0.1) is 7.11 Å². The molecular weight excluding hydrogens is 372 g/mol. The number of hydrogen-bond donors (Lipinski definition) is 0. The third-order valence-corrected chi connectivity index (χ3v) is 4.96. The number of rotatable bonds is 6. The van der Waals surface area contributed by atoms with Gasteiger partial charge < -0.3 is 18.9 Å². The van der Waals surface area contributed by atoms with Crippen LogP contribution < -0.4 is 9.47 Å². The average molecular weight is 394 g/mol. The summed E-state index contributed by atoms with van der Waals surface area (Å²) in [5.74, 6) is 2.38. The lowest BCUT2D eigenvalue weighted by Gasteiger charge is -2.30. The Bertz CT molecular complexity index is 952. The van der Waals surface area contributed by atoms with E-state index < -0.39 is 0 Å². The Labute approximate surface area is 168 Å². The first-order chi connectivity index (χ1) is 14.2. The first-order valence-electron chi connectivity index (χ1n) is 9.53. The van der Waals surface area contributed by atoms with Gasteiger partial charge in [-0.1, -0.05) is 23.4 Å². The van der Waals surface area contributed by atoms with E-state index in [0.29, 0.717) is 42.0 Å². The highest BCUT2D eigenvalue weighted by Gasteiger charge is 2.27. The molecule has 29 heavy (non-hydrogen) atoms. The SMILES string of the molecule is COc1ccccc1OCC(=O)N1CCC(c2noc(-c3ccccn3)n2)CC1. The number of amides is 1. The number of carbonyl (C=O) groups excluding carboxylic acids is 1. The van der Waals surface area contributed by atoms with Crippen LogP contribution in [0.25, 0.3) is 11.6 Å². The lowest BCUT2D eigenvalue weighted by atomic mass is 9.96. The summed E-state index contributed by atoms with van der Waals surface area (Å²) in [6.45, 7) is 1.25. The summed E-state index contributed by atoms with van der Waals surface area (Å²) in [7, 11) is 1.58. The predicted molar refractivity (Wildman–Crippen MR) is 105 cm³/mol. The number of aromatic nitrogens is 3. The van der Waals surface area contributed by atoms with E-state index in [1.165, 1.54) is 0 Å². The van der Waals surface area contributed by atoms with Crippen molar-refractivity contribution in [2.45, 2.75) is 18.8 Å². The van der Waals surface area contributed by atoms with Crippen LogP contribution in [-0.4, -0.2) is 52.7 Å². The van der Waals surface area contributed by atoms with Crippen LogP contribution in [0, 0.1) is 0 Å². The smallest absolute Gasteiger partial charge is 0.276 e. The lowest BCUT2D eigenvalue weighted by Crippen LogP contribution is -2.40. The van der Waals surface area contributed by atoms with Crippen LogP contribution in [0.4, 0.5) is 0 Å². The molecule has 1 amide bonds. The summed E-state index contributed by atoms with van der Waals surface area (Å²) in [4.78, 5) is 23.0. The van der Waals surface area contributed by atoms with Gasteiger partial charge in [-0.3, -0.25) is 9.78 Å². The molecule has 1 saturated heterocycles.